The predicted molar refractivity (Wildman–Crippen MR) is 27.0 cm³/mol. The third-order valence-corrected chi connectivity index (χ3v) is 0.914. The number of rotatable bonds is 1. The molecule has 0 spiro atoms. The highest BCUT2D eigenvalue weighted by Crippen LogP contribution is 2.09. The lowest BCUT2D eigenvalue weighted by molar-refractivity contribution is -0.219. The number of hydrogen-bond donors (Lipinski definition) is 0. The molecule has 1 aliphatic rings. The van der Waals surface area contributed by atoms with Crippen molar-refractivity contribution in [3.05, 3.63) is 6.92 Å². The van der Waals surface area contributed by atoms with Crippen LogP contribution in [0.4, 0.5) is 0 Å². The highest BCUT2D eigenvalue weighted by molar-refractivity contribution is 4.61. The molecule has 3 nitrogen and oxygen atoms in total. The Kier molecular flexibility index (Phi) is 1.83. The Balaban J connectivity index is 2.22. The van der Waals surface area contributed by atoms with Crippen LogP contribution in [-0.4, -0.2) is 26.3 Å². The van der Waals surface area contributed by atoms with E-state index in [-0.39, 0.29) is 6.10 Å². The summed E-state index contributed by atoms with van der Waals surface area (Å²) in [4.78, 5) is 0. The standard InChI is InChI=1S/C5H9O3/c1-4-3-7-5(6-2)8-4/h4-5H,1,3H2,2H3. The molecule has 0 N–H and O–H groups in total. The van der Waals surface area contributed by atoms with E-state index in [1.807, 2.05) is 0 Å². The van der Waals surface area contributed by atoms with Crippen LogP contribution < -0.4 is 0 Å². The van der Waals surface area contributed by atoms with Crippen molar-refractivity contribution in [2.45, 2.75) is 12.6 Å². The second kappa shape index (κ2) is 2.44. The first-order valence-corrected chi connectivity index (χ1v) is 2.46. The van der Waals surface area contributed by atoms with Crippen molar-refractivity contribution in [2.24, 2.45) is 0 Å². The molecule has 8 heavy (non-hydrogen) atoms. The molecule has 1 heterocycles. The van der Waals surface area contributed by atoms with Gasteiger partial charge in [0.05, 0.1) is 12.7 Å². The summed E-state index contributed by atoms with van der Waals surface area (Å²) in [6.45, 7) is 3.65. The lowest BCUT2D eigenvalue weighted by Crippen LogP contribution is -2.10. The highest BCUT2D eigenvalue weighted by Gasteiger charge is 2.21. The van der Waals surface area contributed by atoms with E-state index in [9.17, 15) is 0 Å². The smallest absolute Gasteiger partial charge is 0.271 e. The quantitative estimate of drug-likeness (QED) is 0.490. The van der Waals surface area contributed by atoms with Crippen LogP contribution in [0, 0.1) is 6.92 Å². The average Bonchev–Trinajstić information content (AvgIpc) is 2.14. The second-order valence-electron chi connectivity index (χ2n) is 1.62. The van der Waals surface area contributed by atoms with Gasteiger partial charge in [-0.25, -0.2) is 0 Å². The molecule has 2 atom stereocenters. The van der Waals surface area contributed by atoms with E-state index in [0.717, 1.165) is 0 Å². The molecular formula is C5H9O3. The van der Waals surface area contributed by atoms with E-state index in [4.69, 9.17) is 14.2 Å². The minimum atomic E-state index is -0.488. The molecule has 1 rings (SSSR count). The maximum atomic E-state index is 4.95. The summed E-state index contributed by atoms with van der Waals surface area (Å²) in [5.74, 6) is 0. The van der Waals surface area contributed by atoms with Crippen LogP contribution in [0.15, 0.2) is 0 Å². The Morgan fingerprint density at radius 1 is 1.75 bits per heavy atom. The first-order chi connectivity index (χ1) is 3.83. The monoisotopic (exact) mass is 117 g/mol. The van der Waals surface area contributed by atoms with Crippen LogP contribution >= 0.6 is 0 Å². The molecular weight excluding hydrogens is 108 g/mol. The largest absolute Gasteiger partial charge is 0.333 e. The fourth-order valence-corrected chi connectivity index (χ4v) is 0.545. The van der Waals surface area contributed by atoms with Gasteiger partial charge >= 0.3 is 0 Å². The van der Waals surface area contributed by atoms with Crippen molar-refractivity contribution in [3.63, 3.8) is 0 Å². The van der Waals surface area contributed by atoms with Gasteiger partial charge in [0.1, 0.15) is 0 Å². The zero-order valence-corrected chi connectivity index (χ0v) is 4.79. The number of methoxy groups -OCH3 is 1. The Morgan fingerprint density at radius 2 is 2.50 bits per heavy atom. The topological polar surface area (TPSA) is 27.7 Å². The highest BCUT2D eigenvalue weighted by atomic mass is 16.9. The molecule has 3 heteroatoms. The summed E-state index contributed by atoms with van der Waals surface area (Å²) in [6.07, 6.45) is -0.0695. The van der Waals surface area contributed by atoms with Gasteiger partial charge in [0.15, 0.2) is 0 Å². The van der Waals surface area contributed by atoms with E-state index >= 15 is 0 Å². The molecule has 0 aliphatic carbocycles. The summed E-state index contributed by atoms with van der Waals surface area (Å²) in [6, 6.07) is 0. The molecule has 0 saturated carbocycles. The van der Waals surface area contributed by atoms with Crippen molar-refractivity contribution in [3.8, 4) is 0 Å². The second-order valence-corrected chi connectivity index (χ2v) is 1.62. The lowest BCUT2D eigenvalue weighted by atomic mass is 10.5. The van der Waals surface area contributed by atoms with Crippen LogP contribution in [0.2, 0.25) is 0 Å². The van der Waals surface area contributed by atoms with Gasteiger partial charge < -0.3 is 14.2 Å². The average molecular weight is 117 g/mol. The SMILES string of the molecule is [CH2]C1COC(OC)O1. The first kappa shape index (κ1) is 6.01. The molecule has 0 aromatic rings. The van der Waals surface area contributed by atoms with Crippen LogP contribution in [-0.2, 0) is 14.2 Å². The Bertz CT molecular complexity index is 74.1. The normalized spacial score (nSPS) is 38.2. The summed E-state index contributed by atoms with van der Waals surface area (Å²) in [5.41, 5.74) is 0. The van der Waals surface area contributed by atoms with Gasteiger partial charge in [0.2, 0.25) is 0 Å². The summed E-state index contributed by atoms with van der Waals surface area (Å²) < 4.78 is 14.6. The van der Waals surface area contributed by atoms with E-state index in [0.29, 0.717) is 6.61 Å². The molecule has 1 fully saturated rings. The van der Waals surface area contributed by atoms with Gasteiger partial charge in [0, 0.05) is 7.11 Å². The maximum Gasteiger partial charge on any atom is 0.271 e. The van der Waals surface area contributed by atoms with Crippen molar-refractivity contribution < 1.29 is 14.2 Å². The summed E-state index contributed by atoms with van der Waals surface area (Å²) in [5, 5.41) is 0. The van der Waals surface area contributed by atoms with E-state index in [2.05, 4.69) is 6.92 Å². The molecule has 0 aromatic heterocycles. The van der Waals surface area contributed by atoms with Gasteiger partial charge in [-0.3, -0.25) is 0 Å². The fraction of sp³-hybridized carbons (Fsp3) is 0.800. The minimum absolute atomic E-state index is 0.0695. The fourth-order valence-electron chi connectivity index (χ4n) is 0.545. The molecule has 47 valence electrons. The van der Waals surface area contributed by atoms with Gasteiger partial charge in [-0.15, -0.1) is 0 Å². The van der Waals surface area contributed by atoms with Gasteiger partial charge in [-0.1, -0.05) is 0 Å². The van der Waals surface area contributed by atoms with Crippen molar-refractivity contribution in [2.75, 3.05) is 13.7 Å². The van der Waals surface area contributed by atoms with Crippen molar-refractivity contribution >= 4 is 0 Å². The number of ether oxygens (including phenoxy) is 3. The summed E-state index contributed by atoms with van der Waals surface area (Å²) >= 11 is 0. The minimum Gasteiger partial charge on any atom is -0.333 e. The van der Waals surface area contributed by atoms with Crippen molar-refractivity contribution in [1.29, 1.82) is 0 Å². The van der Waals surface area contributed by atoms with Crippen LogP contribution in [0.3, 0.4) is 0 Å². The Labute approximate surface area is 48.5 Å². The van der Waals surface area contributed by atoms with Crippen molar-refractivity contribution in [1.82, 2.24) is 0 Å². The van der Waals surface area contributed by atoms with E-state index in [1.165, 1.54) is 7.11 Å². The molecule has 0 aromatic carbocycles. The maximum absolute atomic E-state index is 4.95. The van der Waals surface area contributed by atoms with Crippen LogP contribution in [0.5, 0.6) is 0 Å². The third kappa shape index (κ3) is 1.18. The molecule has 1 radical (unpaired) electrons. The van der Waals surface area contributed by atoms with E-state index in [1.54, 1.807) is 0 Å². The van der Waals surface area contributed by atoms with Gasteiger partial charge in [0.25, 0.3) is 6.48 Å². The van der Waals surface area contributed by atoms with E-state index < -0.39 is 6.48 Å². The molecule has 0 bridgehead atoms. The first-order valence-electron chi connectivity index (χ1n) is 2.46. The predicted octanol–water partition coefficient (Wildman–Crippen LogP) is 0.166. The van der Waals surface area contributed by atoms with Gasteiger partial charge in [-0.05, 0) is 6.92 Å². The Hall–Kier alpha value is -0.120. The lowest BCUT2D eigenvalue weighted by Gasteiger charge is -2.04. The van der Waals surface area contributed by atoms with Crippen LogP contribution in [0.1, 0.15) is 0 Å². The number of hydrogen-bond acceptors (Lipinski definition) is 3. The summed E-state index contributed by atoms with van der Waals surface area (Å²) in [7, 11) is 1.53. The molecule has 1 saturated heterocycles. The molecule has 1 aliphatic heterocycles. The van der Waals surface area contributed by atoms with Crippen LogP contribution in [0.25, 0.3) is 0 Å². The third-order valence-electron chi connectivity index (χ3n) is 0.914. The zero-order chi connectivity index (χ0) is 5.98. The molecule has 2 unspecified atom stereocenters. The van der Waals surface area contributed by atoms with Gasteiger partial charge in [-0.2, -0.15) is 0 Å². The zero-order valence-electron chi connectivity index (χ0n) is 4.79. The Morgan fingerprint density at radius 3 is 2.75 bits per heavy atom. The molecule has 0 amide bonds.